The first kappa shape index (κ1) is 19.8. The van der Waals surface area contributed by atoms with Gasteiger partial charge in [0.15, 0.2) is 0 Å². The third-order valence-corrected chi connectivity index (χ3v) is 6.34. The summed E-state index contributed by atoms with van der Waals surface area (Å²) in [5.74, 6) is -1.20. The predicted octanol–water partition coefficient (Wildman–Crippen LogP) is 4.66. The summed E-state index contributed by atoms with van der Waals surface area (Å²) in [6.45, 7) is 3.55. The van der Waals surface area contributed by atoms with Crippen molar-refractivity contribution in [1.29, 1.82) is 5.26 Å². The van der Waals surface area contributed by atoms with Crippen molar-refractivity contribution in [1.82, 2.24) is 9.47 Å². The summed E-state index contributed by atoms with van der Waals surface area (Å²) in [6.07, 6.45) is 1.74. The van der Waals surface area contributed by atoms with Gasteiger partial charge >= 0.3 is 0 Å². The van der Waals surface area contributed by atoms with Crippen molar-refractivity contribution in [3.63, 3.8) is 0 Å². The maximum Gasteiger partial charge on any atom is 0.271 e. The molecular formula is C23H18FN3O2S. The molecule has 1 aliphatic rings. The monoisotopic (exact) mass is 419 g/mol. The van der Waals surface area contributed by atoms with Gasteiger partial charge in [-0.3, -0.25) is 14.5 Å². The van der Waals surface area contributed by atoms with Crippen LogP contribution in [-0.2, 0) is 16.6 Å². The van der Waals surface area contributed by atoms with Crippen molar-refractivity contribution in [2.75, 3.05) is 6.54 Å². The van der Waals surface area contributed by atoms with E-state index >= 15 is 0 Å². The average Bonchev–Trinajstić information content (AvgIpc) is 3.25. The van der Waals surface area contributed by atoms with E-state index in [1.807, 2.05) is 29.8 Å². The lowest BCUT2D eigenvalue weighted by atomic mass is 9.95. The van der Waals surface area contributed by atoms with Gasteiger partial charge in [-0.05, 0) is 67.5 Å². The van der Waals surface area contributed by atoms with Crippen molar-refractivity contribution >= 4 is 39.4 Å². The van der Waals surface area contributed by atoms with Gasteiger partial charge in [-0.25, -0.2) is 4.39 Å². The number of nitrogens with zero attached hydrogens (tertiary/aromatic N) is 3. The Balaban J connectivity index is 1.79. The fourth-order valence-electron chi connectivity index (χ4n) is 3.66. The number of thiophene rings is 1. The number of halogens is 1. The van der Waals surface area contributed by atoms with E-state index in [4.69, 9.17) is 0 Å². The van der Waals surface area contributed by atoms with Crippen molar-refractivity contribution < 1.29 is 14.0 Å². The minimum absolute atomic E-state index is 0.00223. The molecule has 3 aromatic rings. The van der Waals surface area contributed by atoms with Crippen LogP contribution in [0.15, 0.2) is 53.1 Å². The number of carbonyl (C=O) groups is 2. The van der Waals surface area contributed by atoms with Crippen LogP contribution in [0.5, 0.6) is 0 Å². The van der Waals surface area contributed by atoms with E-state index < -0.39 is 5.91 Å². The maximum absolute atomic E-state index is 13.2. The molecule has 0 aliphatic carbocycles. The molecule has 0 atom stereocenters. The first-order valence-corrected chi connectivity index (χ1v) is 10.2. The lowest BCUT2D eigenvalue weighted by Crippen LogP contribution is -2.42. The maximum atomic E-state index is 13.2. The SMILES string of the molecule is CCN1C(=O)C(C#N)=C(C)/C(=C/c2cc3c(cc(-c4ccc(F)cc4)n3C)s2)C1=O. The second-order valence-corrected chi connectivity index (χ2v) is 8.13. The molecule has 0 bridgehead atoms. The zero-order valence-electron chi connectivity index (χ0n) is 16.7. The number of fused-ring (bicyclic) bond motifs is 1. The molecule has 0 saturated heterocycles. The van der Waals surface area contributed by atoms with Gasteiger partial charge in [0.25, 0.3) is 11.8 Å². The highest BCUT2D eigenvalue weighted by atomic mass is 32.1. The number of imide groups is 1. The van der Waals surface area contributed by atoms with Crippen LogP contribution in [0.2, 0.25) is 0 Å². The van der Waals surface area contributed by atoms with Gasteiger partial charge in [-0.15, -0.1) is 11.3 Å². The molecule has 1 aliphatic heterocycles. The zero-order chi connectivity index (χ0) is 21.6. The normalized spacial score (nSPS) is 16.1. The predicted molar refractivity (Wildman–Crippen MR) is 115 cm³/mol. The minimum Gasteiger partial charge on any atom is -0.343 e. The van der Waals surface area contributed by atoms with Crippen molar-refractivity contribution in [3.05, 3.63) is 63.8 Å². The summed E-state index contributed by atoms with van der Waals surface area (Å²) >= 11 is 1.51. The molecule has 4 rings (SSSR count). The van der Waals surface area contributed by atoms with Crippen LogP contribution in [0.4, 0.5) is 4.39 Å². The molecule has 0 N–H and O–H groups in total. The van der Waals surface area contributed by atoms with Gasteiger partial charge in [0, 0.05) is 29.7 Å². The number of aromatic nitrogens is 1. The highest BCUT2D eigenvalue weighted by molar-refractivity contribution is 7.19. The lowest BCUT2D eigenvalue weighted by molar-refractivity contribution is -0.140. The minimum atomic E-state index is -0.542. The number of benzene rings is 1. The third kappa shape index (κ3) is 3.06. The molecule has 3 heterocycles. The van der Waals surface area contributed by atoms with Crippen molar-refractivity contribution in [3.8, 4) is 17.3 Å². The van der Waals surface area contributed by atoms with Gasteiger partial charge in [0.05, 0.1) is 10.2 Å². The molecule has 0 spiro atoms. The Labute approximate surface area is 176 Å². The fourth-order valence-corrected chi connectivity index (χ4v) is 4.73. The summed E-state index contributed by atoms with van der Waals surface area (Å²) in [4.78, 5) is 27.1. The summed E-state index contributed by atoms with van der Waals surface area (Å²) in [5.41, 5.74) is 3.64. The van der Waals surface area contributed by atoms with E-state index in [1.165, 1.54) is 23.5 Å². The Morgan fingerprint density at radius 1 is 1.17 bits per heavy atom. The summed E-state index contributed by atoms with van der Waals surface area (Å²) in [5, 5.41) is 9.37. The Kier molecular flexibility index (Phi) is 4.88. The van der Waals surface area contributed by atoms with Crippen LogP contribution in [0.3, 0.4) is 0 Å². The van der Waals surface area contributed by atoms with Crippen LogP contribution < -0.4 is 0 Å². The molecule has 0 radical (unpaired) electrons. The van der Waals surface area contributed by atoms with Crippen LogP contribution in [0.1, 0.15) is 18.7 Å². The van der Waals surface area contributed by atoms with Gasteiger partial charge < -0.3 is 4.57 Å². The van der Waals surface area contributed by atoms with E-state index in [2.05, 4.69) is 0 Å². The summed E-state index contributed by atoms with van der Waals surface area (Å²) in [6, 6.07) is 12.3. The average molecular weight is 419 g/mol. The number of amides is 2. The lowest BCUT2D eigenvalue weighted by Gasteiger charge is -2.26. The van der Waals surface area contributed by atoms with Gasteiger partial charge in [0.1, 0.15) is 17.5 Å². The molecule has 0 unspecified atom stereocenters. The first-order chi connectivity index (χ1) is 14.3. The van der Waals surface area contributed by atoms with Crippen molar-refractivity contribution in [2.45, 2.75) is 13.8 Å². The molecule has 2 aromatic heterocycles. The molecule has 5 nitrogen and oxygen atoms in total. The topological polar surface area (TPSA) is 66.1 Å². The number of hydrogen-bond acceptors (Lipinski definition) is 4. The molecule has 2 amide bonds. The Hall–Kier alpha value is -3.50. The van der Waals surface area contributed by atoms with Crippen molar-refractivity contribution in [2.24, 2.45) is 7.05 Å². The van der Waals surface area contributed by atoms with E-state index in [-0.39, 0.29) is 23.8 Å². The quantitative estimate of drug-likeness (QED) is 0.458. The number of rotatable bonds is 3. The van der Waals surface area contributed by atoms with Gasteiger partial charge in [-0.2, -0.15) is 5.26 Å². The third-order valence-electron chi connectivity index (χ3n) is 5.32. The van der Waals surface area contributed by atoms with E-state index in [1.54, 1.807) is 32.1 Å². The smallest absolute Gasteiger partial charge is 0.271 e. The molecule has 0 saturated carbocycles. The number of carbonyl (C=O) groups excluding carboxylic acids is 2. The Morgan fingerprint density at radius 3 is 2.47 bits per heavy atom. The fraction of sp³-hybridized carbons (Fsp3) is 0.174. The highest BCUT2D eigenvalue weighted by Crippen LogP contribution is 2.35. The van der Waals surface area contributed by atoms with Crippen LogP contribution >= 0.6 is 11.3 Å². The van der Waals surface area contributed by atoms with Crippen LogP contribution in [0, 0.1) is 17.1 Å². The summed E-state index contributed by atoms with van der Waals surface area (Å²) in [7, 11) is 1.94. The second kappa shape index (κ2) is 7.39. The van der Waals surface area contributed by atoms with E-state index in [0.717, 1.165) is 31.3 Å². The number of likely N-dealkylation sites (N-methyl/N-ethyl adjacent to an activating group) is 1. The molecule has 30 heavy (non-hydrogen) atoms. The molecular weight excluding hydrogens is 401 g/mol. The first-order valence-electron chi connectivity index (χ1n) is 9.40. The second-order valence-electron chi connectivity index (χ2n) is 7.02. The largest absolute Gasteiger partial charge is 0.343 e. The molecule has 1 aromatic carbocycles. The molecule has 0 fully saturated rings. The number of hydrogen-bond donors (Lipinski definition) is 0. The highest BCUT2D eigenvalue weighted by Gasteiger charge is 2.34. The van der Waals surface area contributed by atoms with Gasteiger partial charge in [-0.1, -0.05) is 0 Å². The Morgan fingerprint density at radius 2 is 1.87 bits per heavy atom. The zero-order valence-corrected chi connectivity index (χ0v) is 17.5. The number of nitriles is 1. The summed E-state index contributed by atoms with van der Waals surface area (Å²) < 4.78 is 16.3. The van der Waals surface area contributed by atoms with E-state index in [0.29, 0.717) is 11.1 Å². The van der Waals surface area contributed by atoms with Crippen LogP contribution in [0.25, 0.3) is 27.6 Å². The molecule has 7 heteroatoms. The standard InChI is InChI=1S/C23H18FN3O2S/c1-4-27-22(28)17(13(2)18(12-25)23(27)29)9-16-10-20-21(30-16)11-19(26(20)3)14-5-7-15(24)8-6-14/h5-11H,4H2,1-3H3/b17-9-. The van der Waals surface area contributed by atoms with Gasteiger partial charge in [0.2, 0.25) is 0 Å². The Bertz CT molecular complexity index is 1300. The number of aryl methyl sites for hydroxylation is 1. The van der Waals surface area contributed by atoms with E-state index in [9.17, 15) is 19.2 Å². The van der Waals surface area contributed by atoms with Crippen LogP contribution in [-0.4, -0.2) is 27.8 Å². The molecule has 150 valence electrons.